The number of nitrogens with one attached hydrogen (secondary N) is 1. The number of nitrogens with zero attached hydrogens (tertiary/aromatic N) is 1. The second-order valence-electron chi connectivity index (χ2n) is 6.41. The van der Waals surface area contributed by atoms with Crippen molar-refractivity contribution in [2.75, 3.05) is 25.5 Å². The maximum atomic E-state index is 12.9. The van der Waals surface area contributed by atoms with Crippen LogP contribution in [0.15, 0.2) is 57.8 Å². The van der Waals surface area contributed by atoms with Gasteiger partial charge in [0.25, 0.3) is 5.91 Å². The predicted molar refractivity (Wildman–Crippen MR) is 111 cm³/mol. The highest BCUT2D eigenvalue weighted by Crippen LogP contribution is 2.28. The molecule has 0 bridgehead atoms. The molecule has 0 aliphatic heterocycles. The van der Waals surface area contributed by atoms with E-state index in [0.717, 1.165) is 5.39 Å². The summed E-state index contributed by atoms with van der Waals surface area (Å²) in [6.07, 6.45) is 0. The van der Waals surface area contributed by atoms with Crippen molar-refractivity contribution in [2.24, 2.45) is 0 Å². The number of amides is 1. The van der Waals surface area contributed by atoms with Gasteiger partial charge in [0, 0.05) is 36.8 Å². The number of hydrogen-bond acceptors (Lipinski definition) is 5. The molecule has 8 heteroatoms. The molecule has 3 rings (SSSR count). The van der Waals surface area contributed by atoms with Crippen molar-refractivity contribution in [1.82, 2.24) is 4.31 Å². The Kier molecular flexibility index (Phi) is 6.36. The molecule has 7 nitrogen and oxygen atoms in total. The van der Waals surface area contributed by atoms with E-state index in [1.807, 2.05) is 18.2 Å². The number of rotatable bonds is 8. The molecule has 2 aromatic carbocycles. The highest BCUT2D eigenvalue weighted by atomic mass is 32.2. The minimum Gasteiger partial charge on any atom is -0.451 e. The standard InChI is InChI=1S/C21H24N2O5S/c1-4-23(5-2)29(25,26)16-10-8-9-15(13-16)22-21(24)20-18(14-27-3)17-11-6-7-12-19(17)28-20/h6-13H,4-5,14H2,1-3H3,(H,22,24). The second-order valence-corrected chi connectivity index (χ2v) is 8.35. The zero-order valence-electron chi connectivity index (χ0n) is 16.6. The van der Waals surface area contributed by atoms with Gasteiger partial charge in [-0.3, -0.25) is 4.79 Å². The third-order valence-corrected chi connectivity index (χ3v) is 6.67. The van der Waals surface area contributed by atoms with Gasteiger partial charge >= 0.3 is 0 Å². The number of fused-ring (bicyclic) bond motifs is 1. The van der Waals surface area contributed by atoms with E-state index in [1.54, 1.807) is 39.2 Å². The minimum atomic E-state index is -3.62. The zero-order valence-corrected chi connectivity index (χ0v) is 17.5. The van der Waals surface area contributed by atoms with Crippen LogP contribution in [0, 0.1) is 0 Å². The lowest BCUT2D eigenvalue weighted by molar-refractivity contribution is 0.0992. The molecular weight excluding hydrogens is 392 g/mol. The Balaban J connectivity index is 1.93. The lowest BCUT2D eigenvalue weighted by Gasteiger charge is -2.18. The first-order chi connectivity index (χ1) is 13.9. The molecule has 1 N–H and O–H groups in total. The number of sulfonamides is 1. The van der Waals surface area contributed by atoms with Crippen LogP contribution in [0.1, 0.15) is 30.0 Å². The van der Waals surface area contributed by atoms with Crippen LogP contribution in [0.3, 0.4) is 0 Å². The number of ether oxygens (including phenoxy) is 1. The summed E-state index contributed by atoms with van der Waals surface area (Å²) >= 11 is 0. The van der Waals surface area contributed by atoms with Gasteiger partial charge < -0.3 is 14.5 Å². The third-order valence-electron chi connectivity index (χ3n) is 4.63. The average molecular weight is 416 g/mol. The number of carbonyl (C=O) groups excluding carboxylic acids is 1. The van der Waals surface area contributed by atoms with Gasteiger partial charge in [0.1, 0.15) is 5.58 Å². The van der Waals surface area contributed by atoms with E-state index in [-0.39, 0.29) is 17.3 Å². The smallest absolute Gasteiger partial charge is 0.291 e. The van der Waals surface area contributed by atoms with Crippen molar-refractivity contribution in [3.05, 3.63) is 59.9 Å². The molecular formula is C21H24N2O5S. The molecule has 0 saturated carbocycles. The van der Waals surface area contributed by atoms with Crippen LogP contribution in [0.2, 0.25) is 0 Å². The van der Waals surface area contributed by atoms with Gasteiger partial charge in [-0.2, -0.15) is 4.31 Å². The summed E-state index contributed by atoms with van der Waals surface area (Å²) in [5.74, 6) is -0.323. The first-order valence-corrected chi connectivity index (χ1v) is 10.8. The monoisotopic (exact) mass is 416 g/mol. The maximum absolute atomic E-state index is 12.9. The number of benzene rings is 2. The van der Waals surface area contributed by atoms with E-state index < -0.39 is 15.9 Å². The van der Waals surface area contributed by atoms with Gasteiger partial charge in [-0.15, -0.1) is 0 Å². The topological polar surface area (TPSA) is 88.9 Å². The molecule has 0 atom stereocenters. The molecule has 1 amide bonds. The van der Waals surface area contributed by atoms with Crippen LogP contribution in [0.5, 0.6) is 0 Å². The number of methoxy groups -OCH3 is 1. The molecule has 0 unspecified atom stereocenters. The molecule has 154 valence electrons. The van der Waals surface area contributed by atoms with Crippen LogP contribution in [-0.4, -0.2) is 38.8 Å². The fraction of sp³-hybridized carbons (Fsp3) is 0.286. The first kappa shape index (κ1) is 21.0. The molecule has 0 fully saturated rings. The Hall–Kier alpha value is -2.68. The Morgan fingerprint density at radius 2 is 1.83 bits per heavy atom. The summed E-state index contributed by atoms with van der Waals surface area (Å²) in [5, 5.41) is 3.54. The third kappa shape index (κ3) is 4.19. The Morgan fingerprint density at radius 3 is 2.52 bits per heavy atom. The van der Waals surface area contributed by atoms with Crippen LogP contribution in [-0.2, 0) is 21.4 Å². The van der Waals surface area contributed by atoms with E-state index in [4.69, 9.17) is 9.15 Å². The summed E-state index contributed by atoms with van der Waals surface area (Å²) in [6, 6.07) is 13.5. The van der Waals surface area contributed by atoms with Gasteiger partial charge in [-0.1, -0.05) is 38.1 Å². The molecule has 0 saturated heterocycles. The molecule has 0 aliphatic carbocycles. The van der Waals surface area contributed by atoms with Crippen molar-refractivity contribution in [3.63, 3.8) is 0 Å². The summed E-state index contributed by atoms with van der Waals surface area (Å²) in [4.78, 5) is 13.0. The van der Waals surface area contributed by atoms with Crippen LogP contribution in [0.4, 0.5) is 5.69 Å². The Morgan fingerprint density at radius 1 is 1.10 bits per heavy atom. The number of furan rings is 1. The van der Waals surface area contributed by atoms with Gasteiger partial charge in [0.15, 0.2) is 5.76 Å². The molecule has 0 radical (unpaired) electrons. The molecule has 29 heavy (non-hydrogen) atoms. The van der Waals surface area contributed by atoms with Crippen molar-refractivity contribution in [1.29, 1.82) is 0 Å². The van der Waals surface area contributed by atoms with Crippen molar-refractivity contribution in [2.45, 2.75) is 25.3 Å². The minimum absolute atomic E-state index is 0.126. The predicted octanol–water partition coefficient (Wildman–Crippen LogP) is 3.86. The molecule has 1 heterocycles. The van der Waals surface area contributed by atoms with E-state index in [9.17, 15) is 13.2 Å². The summed E-state index contributed by atoms with van der Waals surface area (Å²) in [5.41, 5.74) is 1.60. The van der Waals surface area contributed by atoms with Crippen LogP contribution in [0.25, 0.3) is 11.0 Å². The van der Waals surface area contributed by atoms with Gasteiger partial charge in [0.05, 0.1) is 11.5 Å². The van der Waals surface area contributed by atoms with Crippen molar-refractivity contribution >= 4 is 32.6 Å². The molecule has 1 aromatic heterocycles. The van der Waals surface area contributed by atoms with Gasteiger partial charge in [-0.25, -0.2) is 8.42 Å². The number of para-hydroxylation sites is 1. The Labute approximate surface area is 170 Å². The molecule has 0 spiro atoms. The summed E-state index contributed by atoms with van der Waals surface area (Å²) in [6.45, 7) is 4.52. The molecule has 3 aromatic rings. The lowest BCUT2D eigenvalue weighted by atomic mass is 10.1. The van der Waals surface area contributed by atoms with E-state index in [2.05, 4.69) is 5.32 Å². The van der Waals surface area contributed by atoms with Gasteiger partial charge in [0.2, 0.25) is 10.0 Å². The molecule has 0 aliphatic rings. The van der Waals surface area contributed by atoms with E-state index in [1.165, 1.54) is 16.4 Å². The van der Waals surface area contributed by atoms with Crippen molar-refractivity contribution < 1.29 is 22.4 Å². The lowest BCUT2D eigenvalue weighted by Crippen LogP contribution is -2.30. The summed E-state index contributed by atoms with van der Waals surface area (Å²) in [7, 11) is -2.08. The Bertz CT molecular complexity index is 1120. The fourth-order valence-electron chi connectivity index (χ4n) is 3.20. The first-order valence-electron chi connectivity index (χ1n) is 9.33. The van der Waals surface area contributed by atoms with Crippen LogP contribution < -0.4 is 5.32 Å². The van der Waals surface area contributed by atoms with Crippen molar-refractivity contribution in [3.8, 4) is 0 Å². The normalized spacial score (nSPS) is 11.9. The fourth-order valence-corrected chi connectivity index (χ4v) is 4.71. The van der Waals surface area contributed by atoms with Crippen LogP contribution >= 0.6 is 0 Å². The number of hydrogen-bond donors (Lipinski definition) is 1. The van der Waals surface area contributed by atoms with E-state index >= 15 is 0 Å². The number of carbonyl (C=O) groups is 1. The SMILES string of the molecule is CCN(CC)S(=O)(=O)c1cccc(NC(=O)c2oc3ccccc3c2COC)c1. The largest absolute Gasteiger partial charge is 0.451 e. The highest BCUT2D eigenvalue weighted by molar-refractivity contribution is 7.89. The second kappa shape index (κ2) is 8.77. The van der Waals surface area contributed by atoms with E-state index in [0.29, 0.717) is 29.9 Å². The number of anilines is 1. The highest BCUT2D eigenvalue weighted by Gasteiger charge is 2.23. The zero-order chi connectivity index (χ0) is 21.0. The van der Waals surface area contributed by atoms with Gasteiger partial charge in [-0.05, 0) is 24.3 Å². The average Bonchev–Trinajstić information content (AvgIpc) is 3.08. The maximum Gasteiger partial charge on any atom is 0.291 e. The summed E-state index contributed by atoms with van der Waals surface area (Å²) < 4.78 is 37.8. The quantitative estimate of drug-likeness (QED) is 0.602.